The van der Waals surface area contributed by atoms with Crippen molar-refractivity contribution in [1.82, 2.24) is 15.1 Å². The van der Waals surface area contributed by atoms with Crippen LogP contribution < -0.4 is 5.32 Å². The average Bonchev–Trinajstić information content (AvgIpc) is 2.83. The Kier molecular flexibility index (Phi) is 7.22. The van der Waals surface area contributed by atoms with Crippen LogP contribution in [-0.2, 0) is 27.5 Å². The molecule has 0 aromatic heterocycles. The van der Waals surface area contributed by atoms with E-state index in [0.717, 1.165) is 31.6 Å². The number of likely N-dealkylation sites (tertiary alicyclic amines) is 1. The second-order valence-corrected chi connectivity index (χ2v) is 8.81. The van der Waals surface area contributed by atoms with Crippen LogP contribution in [0, 0.1) is 0 Å². The van der Waals surface area contributed by atoms with E-state index < -0.39 is 11.6 Å². The molecule has 0 saturated carbocycles. The molecule has 0 radical (unpaired) electrons. The largest absolute Gasteiger partial charge is 0.374 e. The minimum Gasteiger partial charge on any atom is -0.374 e. The van der Waals surface area contributed by atoms with Crippen LogP contribution >= 0.6 is 0 Å². The summed E-state index contributed by atoms with van der Waals surface area (Å²) in [5, 5.41) is 2.99. The van der Waals surface area contributed by atoms with Gasteiger partial charge in [-0.05, 0) is 30.4 Å². The van der Waals surface area contributed by atoms with E-state index in [4.69, 9.17) is 4.74 Å². The van der Waals surface area contributed by atoms with Crippen LogP contribution in [-0.4, -0.2) is 59.4 Å². The van der Waals surface area contributed by atoms with Gasteiger partial charge >= 0.3 is 0 Å². The fraction of sp³-hybridized carbons (Fsp3) is 0.462. The van der Waals surface area contributed by atoms with E-state index in [1.54, 1.807) is 0 Å². The van der Waals surface area contributed by atoms with Crippen molar-refractivity contribution in [1.29, 1.82) is 0 Å². The number of piperidine rings is 1. The average molecular weight is 436 g/mol. The Morgan fingerprint density at radius 1 is 0.969 bits per heavy atom. The molecule has 1 spiro atoms. The first-order valence-electron chi connectivity index (χ1n) is 11.6. The first kappa shape index (κ1) is 22.5. The van der Waals surface area contributed by atoms with Crippen molar-refractivity contribution in [3.8, 4) is 0 Å². The van der Waals surface area contributed by atoms with Gasteiger partial charge in [-0.25, -0.2) is 0 Å². The Labute approximate surface area is 190 Å². The minimum absolute atomic E-state index is 0.0176. The number of benzene rings is 2. The highest BCUT2D eigenvalue weighted by molar-refractivity contribution is 6.00. The van der Waals surface area contributed by atoms with Crippen LogP contribution in [0.5, 0.6) is 0 Å². The molecule has 2 aromatic rings. The summed E-state index contributed by atoms with van der Waals surface area (Å²) in [6.45, 7) is 5.73. The molecule has 0 aliphatic carbocycles. The molecule has 2 fully saturated rings. The van der Waals surface area contributed by atoms with Gasteiger partial charge in [0.05, 0.1) is 13.2 Å². The topological polar surface area (TPSA) is 61.9 Å². The predicted molar refractivity (Wildman–Crippen MR) is 124 cm³/mol. The van der Waals surface area contributed by atoms with Gasteiger partial charge in [-0.1, -0.05) is 67.6 Å². The number of carbonyl (C=O) groups excluding carboxylic acids is 2. The molecule has 2 aromatic carbocycles. The third-order valence-corrected chi connectivity index (χ3v) is 6.58. The van der Waals surface area contributed by atoms with E-state index in [9.17, 15) is 9.59 Å². The van der Waals surface area contributed by atoms with Gasteiger partial charge in [-0.2, -0.15) is 0 Å². The zero-order chi connectivity index (χ0) is 22.4. The minimum atomic E-state index is -0.740. The SMILES string of the molecule is CCCN1C(=O)C(COCc2ccccc2)NC(=O)C12CCN(Cc1ccccc1)CC2. The Morgan fingerprint density at radius 2 is 1.59 bits per heavy atom. The summed E-state index contributed by atoms with van der Waals surface area (Å²) in [5.74, 6) is -0.0470. The molecule has 2 aliphatic rings. The summed E-state index contributed by atoms with van der Waals surface area (Å²) >= 11 is 0. The molecule has 2 heterocycles. The first-order chi connectivity index (χ1) is 15.6. The lowest BCUT2D eigenvalue weighted by atomic mass is 9.81. The number of rotatable bonds is 8. The fourth-order valence-electron chi connectivity index (χ4n) is 4.83. The van der Waals surface area contributed by atoms with Crippen LogP contribution in [0.4, 0.5) is 0 Å². The van der Waals surface area contributed by atoms with Gasteiger partial charge in [0, 0.05) is 26.2 Å². The first-order valence-corrected chi connectivity index (χ1v) is 11.6. The number of hydrogen-bond acceptors (Lipinski definition) is 4. The molecule has 6 heteroatoms. The van der Waals surface area contributed by atoms with Crippen LogP contribution in [0.1, 0.15) is 37.3 Å². The maximum atomic E-state index is 13.4. The Morgan fingerprint density at radius 3 is 2.22 bits per heavy atom. The zero-order valence-corrected chi connectivity index (χ0v) is 18.8. The van der Waals surface area contributed by atoms with Crippen LogP contribution in [0.3, 0.4) is 0 Å². The van der Waals surface area contributed by atoms with E-state index in [1.807, 2.05) is 41.3 Å². The molecule has 2 amide bonds. The lowest BCUT2D eigenvalue weighted by Gasteiger charge is -2.51. The van der Waals surface area contributed by atoms with Gasteiger partial charge in [0.25, 0.3) is 0 Å². The molecular weight excluding hydrogens is 402 g/mol. The van der Waals surface area contributed by atoms with Crippen molar-refractivity contribution >= 4 is 11.8 Å². The van der Waals surface area contributed by atoms with Crippen molar-refractivity contribution in [2.75, 3.05) is 26.2 Å². The molecule has 6 nitrogen and oxygen atoms in total. The quantitative estimate of drug-likeness (QED) is 0.693. The van der Waals surface area contributed by atoms with Crippen LogP contribution in [0.25, 0.3) is 0 Å². The fourth-order valence-corrected chi connectivity index (χ4v) is 4.83. The number of piperazine rings is 1. The highest BCUT2D eigenvalue weighted by Crippen LogP contribution is 2.33. The number of nitrogens with zero attached hydrogens (tertiary/aromatic N) is 2. The third-order valence-electron chi connectivity index (χ3n) is 6.58. The molecule has 2 aliphatic heterocycles. The second kappa shape index (κ2) is 10.3. The normalized spacial score (nSPS) is 21.0. The Hall–Kier alpha value is -2.70. The monoisotopic (exact) mass is 435 g/mol. The van der Waals surface area contributed by atoms with E-state index in [-0.39, 0.29) is 18.4 Å². The van der Waals surface area contributed by atoms with Gasteiger partial charge in [0.1, 0.15) is 11.6 Å². The molecule has 1 atom stereocenters. The third kappa shape index (κ3) is 4.87. The summed E-state index contributed by atoms with van der Waals surface area (Å²) in [6, 6.07) is 19.6. The van der Waals surface area contributed by atoms with Crippen molar-refractivity contribution in [2.24, 2.45) is 0 Å². The highest BCUT2D eigenvalue weighted by atomic mass is 16.5. The molecule has 32 heavy (non-hydrogen) atoms. The zero-order valence-electron chi connectivity index (χ0n) is 18.8. The summed E-state index contributed by atoms with van der Waals surface area (Å²) in [6.07, 6.45) is 2.15. The maximum Gasteiger partial charge on any atom is 0.248 e. The van der Waals surface area contributed by atoms with Crippen molar-refractivity contribution in [3.05, 3.63) is 71.8 Å². The van der Waals surface area contributed by atoms with E-state index in [1.165, 1.54) is 5.56 Å². The van der Waals surface area contributed by atoms with Gasteiger partial charge in [-0.3, -0.25) is 14.5 Å². The van der Waals surface area contributed by atoms with Crippen LogP contribution in [0.2, 0.25) is 0 Å². The number of carbonyl (C=O) groups is 2. The van der Waals surface area contributed by atoms with E-state index >= 15 is 0 Å². The molecule has 1 N–H and O–H groups in total. The summed E-state index contributed by atoms with van der Waals surface area (Å²) < 4.78 is 5.79. The number of amides is 2. The Bertz CT molecular complexity index is 895. The second-order valence-electron chi connectivity index (χ2n) is 8.81. The van der Waals surface area contributed by atoms with Crippen molar-refractivity contribution in [3.63, 3.8) is 0 Å². The van der Waals surface area contributed by atoms with Gasteiger partial charge in [-0.15, -0.1) is 0 Å². The van der Waals surface area contributed by atoms with Crippen molar-refractivity contribution in [2.45, 2.75) is 50.9 Å². The van der Waals surface area contributed by atoms with Gasteiger partial charge in [0.2, 0.25) is 11.8 Å². The van der Waals surface area contributed by atoms with Crippen molar-refractivity contribution < 1.29 is 14.3 Å². The Balaban J connectivity index is 1.39. The molecular formula is C26H33N3O3. The predicted octanol–water partition coefficient (Wildman–Crippen LogP) is 2.98. The summed E-state index contributed by atoms with van der Waals surface area (Å²) in [5.41, 5.74) is 1.58. The number of hydrogen-bond donors (Lipinski definition) is 1. The maximum absolute atomic E-state index is 13.4. The number of ether oxygens (including phenoxy) is 1. The van der Waals surface area contributed by atoms with Gasteiger partial charge < -0.3 is 15.0 Å². The molecule has 4 rings (SSSR count). The van der Waals surface area contributed by atoms with Crippen LogP contribution in [0.15, 0.2) is 60.7 Å². The molecule has 0 bridgehead atoms. The summed E-state index contributed by atoms with van der Waals surface area (Å²) in [4.78, 5) is 30.9. The lowest BCUT2D eigenvalue weighted by molar-refractivity contribution is -0.163. The molecule has 170 valence electrons. The molecule has 2 saturated heterocycles. The van der Waals surface area contributed by atoms with E-state index in [2.05, 4.69) is 41.4 Å². The highest BCUT2D eigenvalue weighted by Gasteiger charge is 2.53. The smallest absolute Gasteiger partial charge is 0.248 e. The molecule has 1 unspecified atom stereocenters. The standard InChI is InChI=1S/C26H33N3O3/c1-2-15-29-24(30)23(20-32-19-22-11-7-4-8-12-22)27-25(31)26(29)13-16-28(17-14-26)18-21-9-5-3-6-10-21/h3-12,23H,2,13-20H2,1H3,(H,27,31). The lowest BCUT2D eigenvalue weighted by Crippen LogP contribution is -2.73. The number of nitrogens with one attached hydrogen (secondary N) is 1. The van der Waals surface area contributed by atoms with Gasteiger partial charge in [0.15, 0.2) is 0 Å². The van der Waals surface area contributed by atoms with E-state index in [0.29, 0.717) is 26.0 Å². The summed E-state index contributed by atoms with van der Waals surface area (Å²) in [7, 11) is 0.